The molecule has 2 aromatic carbocycles. The first-order valence-electron chi connectivity index (χ1n) is 8.77. The highest BCUT2D eigenvalue weighted by atomic mass is 32.2. The van der Waals surface area contributed by atoms with E-state index in [0.717, 1.165) is 11.8 Å². The number of benzene rings is 2. The average Bonchev–Trinajstić information content (AvgIpc) is 2.73. The van der Waals surface area contributed by atoms with Crippen LogP contribution in [0.4, 0.5) is 5.69 Å². The van der Waals surface area contributed by atoms with Gasteiger partial charge >= 0.3 is 0 Å². The Morgan fingerprint density at radius 1 is 1.04 bits per heavy atom. The van der Waals surface area contributed by atoms with E-state index in [1.54, 1.807) is 24.3 Å². The van der Waals surface area contributed by atoms with E-state index in [-0.39, 0.29) is 4.90 Å². The third-order valence-electron chi connectivity index (χ3n) is 4.75. The summed E-state index contributed by atoms with van der Waals surface area (Å²) in [6.07, 6.45) is 3.60. The van der Waals surface area contributed by atoms with Crippen LogP contribution in [0.1, 0.15) is 18.4 Å². The minimum atomic E-state index is -3.53. The average molecular weight is 386 g/mol. The number of rotatable bonds is 5. The monoisotopic (exact) mass is 386 g/mol. The molecule has 2 aromatic rings. The van der Waals surface area contributed by atoms with E-state index in [1.807, 2.05) is 30.3 Å². The van der Waals surface area contributed by atoms with Crippen molar-refractivity contribution >= 4 is 27.5 Å². The smallest absolute Gasteiger partial charge is 0.267 e. The number of para-hydroxylation sites is 1. The SMILES string of the molecule is O=C(C=Cc1ccccc1S(=O)(=O)C1CCN(c2ccccc2)CC1)NO. The van der Waals surface area contributed by atoms with Crippen LogP contribution in [0.15, 0.2) is 65.6 Å². The molecule has 0 unspecified atom stereocenters. The molecule has 0 bridgehead atoms. The number of nitrogens with one attached hydrogen (secondary N) is 1. The zero-order chi connectivity index (χ0) is 19.3. The summed E-state index contributed by atoms with van der Waals surface area (Å²) < 4.78 is 26.3. The van der Waals surface area contributed by atoms with Crippen LogP contribution in [0.25, 0.3) is 6.08 Å². The second kappa shape index (κ2) is 8.37. The number of piperidine rings is 1. The molecule has 1 saturated heterocycles. The number of sulfone groups is 1. The fourth-order valence-corrected chi connectivity index (χ4v) is 5.25. The Hall–Kier alpha value is -2.64. The Labute approximate surface area is 159 Å². The van der Waals surface area contributed by atoms with Gasteiger partial charge in [-0.1, -0.05) is 36.4 Å². The molecule has 0 spiro atoms. The van der Waals surface area contributed by atoms with Crippen molar-refractivity contribution in [2.24, 2.45) is 0 Å². The molecule has 1 fully saturated rings. The summed E-state index contributed by atoms with van der Waals surface area (Å²) in [5.41, 5.74) is 3.04. The van der Waals surface area contributed by atoms with Gasteiger partial charge in [0.15, 0.2) is 9.84 Å². The number of amides is 1. The van der Waals surface area contributed by atoms with Crippen LogP contribution in [0.2, 0.25) is 0 Å². The highest BCUT2D eigenvalue weighted by molar-refractivity contribution is 7.92. The lowest BCUT2D eigenvalue weighted by Crippen LogP contribution is -2.39. The lowest BCUT2D eigenvalue weighted by Gasteiger charge is -2.33. The summed E-state index contributed by atoms with van der Waals surface area (Å²) in [5, 5.41) is 8.13. The van der Waals surface area contributed by atoms with Gasteiger partial charge in [0.1, 0.15) is 0 Å². The van der Waals surface area contributed by atoms with Crippen molar-refractivity contribution in [2.75, 3.05) is 18.0 Å². The van der Waals surface area contributed by atoms with Crippen LogP contribution >= 0.6 is 0 Å². The third-order valence-corrected chi connectivity index (χ3v) is 7.09. The van der Waals surface area contributed by atoms with Gasteiger partial charge in [-0.2, -0.15) is 0 Å². The van der Waals surface area contributed by atoms with Crippen LogP contribution in [0.3, 0.4) is 0 Å². The fourth-order valence-electron chi connectivity index (χ4n) is 3.32. The Bertz CT molecular complexity index is 918. The van der Waals surface area contributed by atoms with E-state index < -0.39 is 21.0 Å². The minimum Gasteiger partial charge on any atom is -0.371 e. The highest BCUT2D eigenvalue weighted by Gasteiger charge is 2.32. The van der Waals surface area contributed by atoms with E-state index in [2.05, 4.69) is 4.90 Å². The first kappa shape index (κ1) is 19.1. The van der Waals surface area contributed by atoms with Crippen molar-refractivity contribution in [3.63, 3.8) is 0 Å². The maximum absolute atomic E-state index is 13.2. The molecule has 1 amide bonds. The lowest BCUT2D eigenvalue weighted by molar-refractivity contribution is -0.124. The van der Waals surface area contributed by atoms with Crippen molar-refractivity contribution < 1.29 is 18.4 Å². The van der Waals surface area contributed by atoms with Gasteiger partial charge in [-0.3, -0.25) is 10.0 Å². The predicted molar refractivity (Wildman–Crippen MR) is 104 cm³/mol. The molecular formula is C20H22N2O4S. The molecule has 142 valence electrons. The van der Waals surface area contributed by atoms with Crippen molar-refractivity contribution in [3.8, 4) is 0 Å². The van der Waals surface area contributed by atoms with Crippen LogP contribution in [-0.2, 0) is 14.6 Å². The Morgan fingerprint density at radius 3 is 2.33 bits per heavy atom. The van der Waals surface area contributed by atoms with Crippen LogP contribution in [0, 0.1) is 0 Å². The number of hydrogen-bond acceptors (Lipinski definition) is 5. The van der Waals surface area contributed by atoms with Crippen LogP contribution in [0.5, 0.6) is 0 Å². The second-order valence-electron chi connectivity index (χ2n) is 6.41. The highest BCUT2D eigenvalue weighted by Crippen LogP contribution is 2.29. The van der Waals surface area contributed by atoms with Crippen molar-refractivity contribution in [1.82, 2.24) is 5.48 Å². The number of hydrogen-bond donors (Lipinski definition) is 2. The van der Waals surface area contributed by atoms with Crippen molar-refractivity contribution in [2.45, 2.75) is 23.0 Å². The molecule has 3 rings (SSSR count). The minimum absolute atomic E-state index is 0.213. The predicted octanol–water partition coefficient (Wildman–Crippen LogP) is 2.65. The largest absolute Gasteiger partial charge is 0.371 e. The van der Waals surface area contributed by atoms with E-state index in [9.17, 15) is 13.2 Å². The molecule has 0 atom stereocenters. The summed E-state index contributed by atoms with van der Waals surface area (Å²) in [7, 11) is -3.53. The van der Waals surface area contributed by atoms with Gasteiger partial charge in [0.25, 0.3) is 5.91 Å². The molecule has 0 radical (unpaired) electrons. The van der Waals surface area contributed by atoms with E-state index in [1.165, 1.54) is 11.6 Å². The maximum Gasteiger partial charge on any atom is 0.267 e. The van der Waals surface area contributed by atoms with Gasteiger partial charge in [0, 0.05) is 24.9 Å². The Kier molecular flexibility index (Phi) is 5.93. The molecule has 0 aromatic heterocycles. The quantitative estimate of drug-likeness (QED) is 0.469. The normalized spacial score (nSPS) is 15.8. The summed E-state index contributed by atoms with van der Waals surface area (Å²) in [6.45, 7) is 1.36. The summed E-state index contributed by atoms with van der Waals surface area (Å²) in [5.74, 6) is -0.710. The molecule has 7 heteroatoms. The lowest BCUT2D eigenvalue weighted by atomic mass is 10.1. The molecular weight excluding hydrogens is 364 g/mol. The summed E-state index contributed by atoms with van der Waals surface area (Å²) in [6, 6.07) is 16.6. The zero-order valence-corrected chi connectivity index (χ0v) is 15.6. The molecule has 1 heterocycles. The molecule has 0 saturated carbocycles. The van der Waals surface area contributed by atoms with E-state index in [4.69, 9.17) is 5.21 Å². The number of nitrogens with zero attached hydrogens (tertiary/aromatic N) is 1. The van der Waals surface area contributed by atoms with Gasteiger partial charge < -0.3 is 4.90 Å². The first-order valence-corrected chi connectivity index (χ1v) is 10.3. The summed E-state index contributed by atoms with van der Waals surface area (Å²) in [4.78, 5) is 13.6. The molecule has 2 N–H and O–H groups in total. The maximum atomic E-state index is 13.2. The van der Waals surface area contributed by atoms with Gasteiger partial charge in [0.05, 0.1) is 10.1 Å². The Morgan fingerprint density at radius 2 is 1.67 bits per heavy atom. The van der Waals surface area contributed by atoms with Gasteiger partial charge in [-0.15, -0.1) is 0 Å². The fraction of sp³-hybridized carbons (Fsp3) is 0.250. The van der Waals surface area contributed by atoms with Crippen molar-refractivity contribution in [1.29, 1.82) is 0 Å². The van der Waals surface area contributed by atoms with Gasteiger partial charge in [0.2, 0.25) is 0 Å². The summed E-state index contributed by atoms with van der Waals surface area (Å²) >= 11 is 0. The third kappa shape index (κ3) is 4.37. The molecule has 27 heavy (non-hydrogen) atoms. The molecule has 1 aliphatic heterocycles. The van der Waals surface area contributed by atoms with Crippen LogP contribution in [-0.4, -0.2) is 37.9 Å². The first-order chi connectivity index (χ1) is 13.0. The van der Waals surface area contributed by atoms with Gasteiger partial charge in [-0.25, -0.2) is 13.9 Å². The molecule has 0 aliphatic carbocycles. The van der Waals surface area contributed by atoms with E-state index >= 15 is 0 Å². The number of carbonyl (C=O) groups is 1. The zero-order valence-electron chi connectivity index (χ0n) is 14.8. The number of carbonyl (C=O) groups excluding carboxylic acids is 1. The molecule has 1 aliphatic rings. The second-order valence-corrected chi connectivity index (χ2v) is 8.61. The number of anilines is 1. The van der Waals surface area contributed by atoms with Gasteiger partial charge in [-0.05, 0) is 42.7 Å². The standard InChI is InChI=1S/C20H22N2O4S/c23-20(21-24)11-10-16-6-4-5-9-19(16)27(25,26)18-12-14-22(15-13-18)17-7-2-1-3-8-17/h1-11,18,24H,12-15H2,(H,21,23). The molecule has 6 nitrogen and oxygen atoms in total. The Balaban J connectivity index is 1.78. The van der Waals surface area contributed by atoms with E-state index in [0.29, 0.717) is 31.5 Å². The van der Waals surface area contributed by atoms with Crippen LogP contribution < -0.4 is 10.4 Å². The number of hydroxylamine groups is 1. The van der Waals surface area contributed by atoms with Crippen molar-refractivity contribution in [3.05, 3.63) is 66.2 Å². The topological polar surface area (TPSA) is 86.7 Å².